The van der Waals surface area contributed by atoms with Crippen LogP contribution in [-0.4, -0.2) is 29.7 Å². The Bertz CT molecular complexity index is 582. The van der Waals surface area contributed by atoms with Gasteiger partial charge >= 0.3 is 0 Å². The van der Waals surface area contributed by atoms with Gasteiger partial charge in [-0.15, -0.1) is 10.2 Å². The third kappa shape index (κ3) is 3.08. The second kappa shape index (κ2) is 5.79. The van der Waals surface area contributed by atoms with E-state index in [-0.39, 0.29) is 5.91 Å². The number of benzene rings is 1. The van der Waals surface area contributed by atoms with Crippen LogP contribution in [0.15, 0.2) is 24.3 Å². The highest BCUT2D eigenvalue weighted by Gasteiger charge is 2.18. The van der Waals surface area contributed by atoms with Gasteiger partial charge in [0, 0.05) is 19.3 Å². The van der Waals surface area contributed by atoms with Crippen LogP contribution in [0, 0.1) is 6.92 Å². The standard InChI is InChI=1S/C13H16N4OS/c1-4-14-13-16-15-11(19-13)12(18)17(3)10-7-5-6-9(2)8-10/h5-8H,4H2,1-3H3,(H,14,16). The van der Waals surface area contributed by atoms with Gasteiger partial charge in [0.2, 0.25) is 10.1 Å². The van der Waals surface area contributed by atoms with Gasteiger partial charge in [-0.2, -0.15) is 0 Å². The van der Waals surface area contributed by atoms with Crippen molar-refractivity contribution in [1.29, 1.82) is 0 Å². The van der Waals surface area contributed by atoms with Crippen molar-refractivity contribution in [3.8, 4) is 0 Å². The molecule has 2 rings (SSSR count). The first-order valence-electron chi connectivity index (χ1n) is 6.04. The lowest BCUT2D eigenvalue weighted by Gasteiger charge is -2.15. The number of aromatic nitrogens is 2. The topological polar surface area (TPSA) is 58.1 Å². The van der Waals surface area contributed by atoms with Crippen LogP contribution in [0.4, 0.5) is 10.8 Å². The van der Waals surface area contributed by atoms with Gasteiger partial charge in [0.05, 0.1) is 0 Å². The molecule has 0 bridgehead atoms. The van der Waals surface area contributed by atoms with Crippen LogP contribution in [0.5, 0.6) is 0 Å². The quantitative estimate of drug-likeness (QED) is 0.932. The molecule has 0 unspecified atom stereocenters. The molecule has 2 aromatic rings. The third-order valence-corrected chi connectivity index (χ3v) is 3.50. The maximum absolute atomic E-state index is 12.3. The van der Waals surface area contributed by atoms with Crippen LogP contribution in [0.1, 0.15) is 22.3 Å². The summed E-state index contributed by atoms with van der Waals surface area (Å²) >= 11 is 1.27. The number of amides is 1. The van der Waals surface area contributed by atoms with Gasteiger partial charge in [0.25, 0.3) is 5.91 Å². The first-order chi connectivity index (χ1) is 9.11. The summed E-state index contributed by atoms with van der Waals surface area (Å²) in [6, 6.07) is 7.79. The van der Waals surface area contributed by atoms with E-state index in [9.17, 15) is 4.79 Å². The molecule has 1 aromatic carbocycles. The molecule has 6 heteroatoms. The number of nitrogens with one attached hydrogen (secondary N) is 1. The van der Waals surface area contributed by atoms with Gasteiger partial charge in [-0.25, -0.2) is 0 Å². The van der Waals surface area contributed by atoms with Crippen molar-refractivity contribution in [3.63, 3.8) is 0 Å². The fourth-order valence-electron chi connectivity index (χ4n) is 1.63. The molecule has 1 aromatic heterocycles. The number of nitrogens with zero attached hydrogens (tertiary/aromatic N) is 3. The van der Waals surface area contributed by atoms with E-state index in [1.54, 1.807) is 11.9 Å². The molecule has 0 saturated carbocycles. The Morgan fingerprint density at radius 1 is 1.42 bits per heavy atom. The Balaban J connectivity index is 2.18. The third-order valence-electron chi connectivity index (χ3n) is 2.63. The lowest BCUT2D eigenvalue weighted by Crippen LogP contribution is -2.26. The van der Waals surface area contributed by atoms with E-state index in [0.717, 1.165) is 17.8 Å². The fourth-order valence-corrected chi connectivity index (χ4v) is 2.42. The second-order valence-corrected chi connectivity index (χ2v) is 5.12. The lowest BCUT2D eigenvalue weighted by molar-refractivity contribution is 0.0992. The second-order valence-electron chi connectivity index (χ2n) is 4.15. The Labute approximate surface area is 116 Å². The number of carbonyl (C=O) groups is 1. The van der Waals surface area contributed by atoms with Crippen molar-refractivity contribution in [1.82, 2.24) is 10.2 Å². The summed E-state index contributed by atoms with van der Waals surface area (Å²) in [5.74, 6) is -0.146. The molecule has 0 aliphatic carbocycles. The minimum Gasteiger partial charge on any atom is -0.360 e. The Morgan fingerprint density at radius 3 is 2.89 bits per heavy atom. The first kappa shape index (κ1) is 13.5. The normalized spacial score (nSPS) is 10.3. The molecular formula is C13H16N4OS. The number of carbonyl (C=O) groups excluding carboxylic acids is 1. The van der Waals surface area contributed by atoms with Crippen molar-refractivity contribution in [3.05, 3.63) is 34.8 Å². The molecule has 1 heterocycles. The van der Waals surface area contributed by atoms with E-state index in [2.05, 4.69) is 15.5 Å². The summed E-state index contributed by atoms with van der Waals surface area (Å²) in [5.41, 5.74) is 1.97. The molecule has 0 fully saturated rings. The molecular weight excluding hydrogens is 260 g/mol. The molecule has 19 heavy (non-hydrogen) atoms. The maximum atomic E-state index is 12.3. The Hall–Kier alpha value is -1.95. The zero-order valence-corrected chi connectivity index (χ0v) is 12.0. The fraction of sp³-hybridized carbons (Fsp3) is 0.308. The number of aryl methyl sites for hydroxylation is 1. The summed E-state index contributed by atoms with van der Waals surface area (Å²) in [4.78, 5) is 13.9. The van der Waals surface area contributed by atoms with Gasteiger partial charge in [-0.3, -0.25) is 4.79 Å². The summed E-state index contributed by atoms with van der Waals surface area (Å²) in [5, 5.41) is 12.0. The maximum Gasteiger partial charge on any atom is 0.289 e. The zero-order chi connectivity index (χ0) is 13.8. The zero-order valence-electron chi connectivity index (χ0n) is 11.2. The lowest BCUT2D eigenvalue weighted by atomic mass is 10.2. The molecule has 0 spiro atoms. The van der Waals surface area contributed by atoms with Crippen molar-refractivity contribution in [2.24, 2.45) is 0 Å². The minimum atomic E-state index is -0.146. The molecule has 0 radical (unpaired) electrons. The van der Waals surface area contributed by atoms with Gasteiger partial charge in [-0.05, 0) is 31.5 Å². The largest absolute Gasteiger partial charge is 0.360 e. The Kier molecular flexibility index (Phi) is 4.11. The predicted octanol–water partition coefficient (Wildman–Crippen LogP) is 2.55. The summed E-state index contributed by atoms with van der Waals surface area (Å²) in [7, 11) is 1.74. The minimum absolute atomic E-state index is 0.146. The number of hydrogen-bond acceptors (Lipinski definition) is 5. The monoisotopic (exact) mass is 276 g/mol. The van der Waals surface area contributed by atoms with Crippen molar-refractivity contribution < 1.29 is 4.79 Å². The summed E-state index contributed by atoms with van der Waals surface area (Å²) in [6.07, 6.45) is 0. The number of hydrogen-bond donors (Lipinski definition) is 1. The van der Waals surface area contributed by atoms with Gasteiger partial charge in [0.15, 0.2) is 0 Å². The molecule has 1 amide bonds. The van der Waals surface area contributed by atoms with E-state index < -0.39 is 0 Å². The number of anilines is 2. The van der Waals surface area contributed by atoms with Crippen molar-refractivity contribution in [2.75, 3.05) is 23.8 Å². The van der Waals surface area contributed by atoms with Crippen LogP contribution >= 0.6 is 11.3 Å². The highest BCUT2D eigenvalue weighted by Crippen LogP contribution is 2.20. The highest BCUT2D eigenvalue weighted by atomic mass is 32.1. The first-order valence-corrected chi connectivity index (χ1v) is 6.85. The molecule has 0 aliphatic rings. The van der Waals surface area contributed by atoms with E-state index >= 15 is 0 Å². The summed E-state index contributed by atoms with van der Waals surface area (Å²) < 4.78 is 0. The molecule has 100 valence electrons. The summed E-state index contributed by atoms with van der Waals surface area (Å²) in [6.45, 7) is 4.73. The molecule has 0 aliphatic heterocycles. The number of rotatable bonds is 4. The van der Waals surface area contributed by atoms with Crippen LogP contribution in [0.2, 0.25) is 0 Å². The van der Waals surface area contributed by atoms with E-state index in [0.29, 0.717) is 10.1 Å². The van der Waals surface area contributed by atoms with E-state index in [4.69, 9.17) is 0 Å². The van der Waals surface area contributed by atoms with Gasteiger partial charge in [0.1, 0.15) is 0 Å². The van der Waals surface area contributed by atoms with E-state index in [1.807, 2.05) is 38.1 Å². The average Bonchev–Trinajstić information content (AvgIpc) is 2.86. The molecule has 0 saturated heterocycles. The van der Waals surface area contributed by atoms with Gasteiger partial charge < -0.3 is 10.2 Å². The van der Waals surface area contributed by atoms with E-state index in [1.165, 1.54) is 11.3 Å². The van der Waals surface area contributed by atoms with Crippen LogP contribution in [0.3, 0.4) is 0 Å². The smallest absolute Gasteiger partial charge is 0.289 e. The van der Waals surface area contributed by atoms with Crippen molar-refractivity contribution >= 4 is 28.1 Å². The Morgan fingerprint density at radius 2 is 2.21 bits per heavy atom. The van der Waals surface area contributed by atoms with Crippen LogP contribution in [-0.2, 0) is 0 Å². The highest BCUT2D eigenvalue weighted by molar-refractivity contribution is 7.17. The molecule has 0 atom stereocenters. The van der Waals surface area contributed by atoms with Crippen LogP contribution in [0.25, 0.3) is 0 Å². The van der Waals surface area contributed by atoms with Crippen molar-refractivity contribution in [2.45, 2.75) is 13.8 Å². The van der Waals surface area contributed by atoms with Crippen LogP contribution < -0.4 is 10.2 Å². The molecule has 5 nitrogen and oxygen atoms in total. The SMILES string of the molecule is CCNc1nnc(C(=O)N(C)c2cccc(C)c2)s1. The molecule has 1 N–H and O–H groups in total. The average molecular weight is 276 g/mol. The van der Waals surface area contributed by atoms with Gasteiger partial charge in [-0.1, -0.05) is 23.5 Å². The predicted molar refractivity (Wildman–Crippen MR) is 78.0 cm³/mol.